The standard InChI is InChI=1S/C8H12O3S/c9-12(10)5-4-8(6-12)11-7-2-1-3-7/h4-5,7-8H,1-3,6H2. The fraction of sp³-hybridized carbons (Fsp3) is 0.750. The average molecular weight is 188 g/mol. The molecule has 0 N–H and O–H groups in total. The van der Waals surface area contributed by atoms with Crippen molar-refractivity contribution in [3.63, 3.8) is 0 Å². The van der Waals surface area contributed by atoms with Gasteiger partial charge in [-0.3, -0.25) is 0 Å². The van der Waals surface area contributed by atoms with Crippen LogP contribution in [-0.2, 0) is 14.6 Å². The van der Waals surface area contributed by atoms with Gasteiger partial charge in [0.2, 0.25) is 0 Å². The Morgan fingerprint density at radius 1 is 1.33 bits per heavy atom. The van der Waals surface area contributed by atoms with Crippen molar-refractivity contribution in [2.24, 2.45) is 0 Å². The van der Waals surface area contributed by atoms with E-state index in [0.717, 1.165) is 12.8 Å². The first-order valence-electron chi connectivity index (χ1n) is 4.22. The molecule has 0 bridgehead atoms. The summed E-state index contributed by atoms with van der Waals surface area (Å²) in [6, 6.07) is 0. The highest BCUT2D eigenvalue weighted by atomic mass is 32.2. The fourth-order valence-electron chi connectivity index (χ4n) is 1.39. The molecule has 0 amide bonds. The minimum atomic E-state index is -2.93. The van der Waals surface area contributed by atoms with Gasteiger partial charge in [-0.2, -0.15) is 0 Å². The first-order valence-corrected chi connectivity index (χ1v) is 5.94. The molecule has 0 aromatic rings. The molecule has 0 radical (unpaired) electrons. The molecular weight excluding hydrogens is 176 g/mol. The summed E-state index contributed by atoms with van der Waals surface area (Å²) in [5.41, 5.74) is 0. The molecule has 0 spiro atoms. The molecular formula is C8H12O3S. The van der Waals surface area contributed by atoms with Crippen LogP contribution in [0.2, 0.25) is 0 Å². The molecule has 1 aliphatic carbocycles. The maximum Gasteiger partial charge on any atom is 0.174 e. The van der Waals surface area contributed by atoms with Crippen LogP contribution >= 0.6 is 0 Å². The zero-order valence-electron chi connectivity index (χ0n) is 6.77. The molecule has 12 heavy (non-hydrogen) atoms. The maximum absolute atomic E-state index is 11.0. The summed E-state index contributed by atoms with van der Waals surface area (Å²) >= 11 is 0. The molecule has 1 atom stereocenters. The van der Waals surface area contributed by atoms with Crippen LogP contribution in [0, 0.1) is 0 Å². The smallest absolute Gasteiger partial charge is 0.174 e. The Morgan fingerprint density at radius 3 is 2.50 bits per heavy atom. The van der Waals surface area contributed by atoms with Gasteiger partial charge in [-0.05, 0) is 25.3 Å². The molecule has 1 unspecified atom stereocenters. The van der Waals surface area contributed by atoms with Gasteiger partial charge in [0.15, 0.2) is 9.84 Å². The van der Waals surface area contributed by atoms with Crippen molar-refractivity contribution < 1.29 is 13.2 Å². The van der Waals surface area contributed by atoms with Crippen molar-refractivity contribution in [3.8, 4) is 0 Å². The van der Waals surface area contributed by atoms with Crippen LogP contribution in [0.1, 0.15) is 19.3 Å². The van der Waals surface area contributed by atoms with Gasteiger partial charge in [0.25, 0.3) is 0 Å². The summed E-state index contributed by atoms with van der Waals surface area (Å²) < 4.78 is 27.4. The van der Waals surface area contributed by atoms with Crippen LogP contribution in [0.3, 0.4) is 0 Å². The molecule has 0 aromatic carbocycles. The second kappa shape index (κ2) is 2.85. The molecule has 1 saturated carbocycles. The number of rotatable bonds is 2. The van der Waals surface area contributed by atoms with E-state index in [2.05, 4.69) is 0 Å². The lowest BCUT2D eigenvalue weighted by Gasteiger charge is -2.27. The zero-order valence-corrected chi connectivity index (χ0v) is 7.59. The van der Waals surface area contributed by atoms with Gasteiger partial charge in [-0.1, -0.05) is 0 Å². The highest BCUT2D eigenvalue weighted by Gasteiger charge is 2.27. The number of ether oxygens (including phenoxy) is 1. The van der Waals surface area contributed by atoms with E-state index in [4.69, 9.17) is 4.74 Å². The quantitative estimate of drug-likeness (QED) is 0.645. The van der Waals surface area contributed by atoms with Crippen molar-refractivity contribution >= 4 is 9.84 Å². The van der Waals surface area contributed by atoms with Crippen molar-refractivity contribution in [2.45, 2.75) is 31.5 Å². The Kier molecular flexibility index (Phi) is 1.96. The summed E-state index contributed by atoms with van der Waals surface area (Å²) in [5, 5.41) is 1.26. The Balaban J connectivity index is 1.88. The number of hydrogen-bond donors (Lipinski definition) is 0. The van der Waals surface area contributed by atoms with E-state index >= 15 is 0 Å². The lowest BCUT2D eigenvalue weighted by atomic mass is 9.96. The van der Waals surface area contributed by atoms with E-state index in [1.54, 1.807) is 6.08 Å². The third-order valence-corrected chi connectivity index (χ3v) is 3.68. The lowest BCUT2D eigenvalue weighted by molar-refractivity contribution is -0.0203. The minimum absolute atomic E-state index is 0.142. The summed E-state index contributed by atoms with van der Waals surface area (Å²) in [4.78, 5) is 0. The van der Waals surface area contributed by atoms with E-state index in [-0.39, 0.29) is 11.9 Å². The third-order valence-electron chi connectivity index (χ3n) is 2.32. The van der Waals surface area contributed by atoms with Crippen molar-refractivity contribution in [1.29, 1.82) is 0 Å². The first-order chi connectivity index (χ1) is 5.66. The van der Waals surface area contributed by atoms with E-state index in [0.29, 0.717) is 6.10 Å². The fourth-order valence-corrected chi connectivity index (χ4v) is 2.56. The Hall–Kier alpha value is -0.350. The van der Waals surface area contributed by atoms with Gasteiger partial charge in [0, 0.05) is 5.41 Å². The average Bonchev–Trinajstić information content (AvgIpc) is 2.21. The van der Waals surface area contributed by atoms with Gasteiger partial charge in [0.1, 0.15) is 0 Å². The van der Waals surface area contributed by atoms with Crippen LogP contribution in [0.5, 0.6) is 0 Å². The van der Waals surface area contributed by atoms with E-state index in [1.807, 2.05) is 0 Å². The van der Waals surface area contributed by atoms with Gasteiger partial charge in [0.05, 0.1) is 18.0 Å². The monoisotopic (exact) mass is 188 g/mol. The van der Waals surface area contributed by atoms with E-state index in [1.165, 1.54) is 11.8 Å². The topological polar surface area (TPSA) is 43.4 Å². The van der Waals surface area contributed by atoms with E-state index in [9.17, 15) is 8.42 Å². The maximum atomic E-state index is 11.0. The van der Waals surface area contributed by atoms with Crippen LogP contribution in [0.25, 0.3) is 0 Å². The Morgan fingerprint density at radius 2 is 2.08 bits per heavy atom. The highest BCUT2D eigenvalue weighted by molar-refractivity contribution is 7.94. The molecule has 3 nitrogen and oxygen atoms in total. The first kappa shape index (κ1) is 8.26. The zero-order chi connectivity index (χ0) is 8.60. The molecule has 0 saturated heterocycles. The molecule has 1 aliphatic heterocycles. The number of sulfone groups is 1. The van der Waals surface area contributed by atoms with E-state index < -0.39 is 9.84 Å². The molecule has 2 aliphatic rings. The Labute approximate surface area is 72.3 Å². The summed E-state index contributed by atoms with van der Waals surface area (Å²) in [6.07, 6.45) is 5.17. The van der Waals surface area contributed by atoms with Crippen molar-refractivity contribution in [1.82, 2.24) is 0 Å². The normalized spacial score (nSPS) is 33.5. The SMILES string of the molecule is O=S1(=O)C=CC(OC2CCC2)C1. The van der Waals surface area contributed by atoms with Gasteiger partial charge < -0.3 is 4.74 Å². The lowest BCUT2D eigenvalue weighted by Crippen LogP contribution is -2.28. The predicted octanol–water partition coefficient (Wildman–Crippen LogP) is 0.866. The molecule has 2 rings (SSSR count). The highest BCUT2D eigenvalue weighted by Crippen LogP contribution is 2.25. The molecule has 0 aromatic heterocycles. The largest absolute Gasteiger partial charge is 0.370 e. The van der Waals surface area contributed by atoms with Crippen molar-refractivity contribution in [2.75, 3.05) is 5.75 Å². The van der Waals surface area contributed by atoms with Gasteiger partial charge >= 0.3 is 0 Å². The van der Waals surface area contributed by atoms with Crippen LogP contribution in [0.4, 0.5) is 0 Å². The van der Waals surface area contributed by atoms with Gasteiger partial charge in [-0.15, -0.1) is 0 Å². The molecule has 1 fully saturated rings. The second-order valence-electron chi connectivity index (χ2n) is 3.39. The number of hydrogen-bond acceptors (Lipinski definition) is 3. The molecule has 1 heterocycles. The van der Waals surface area contributed by atoms with Crippen LogP contribution < -0.4 is 0 Å². The summed E-state index contributed by atoms with van der Waals surface area (Å²) in [5.74, 6) is 0.142. The second-order valence-corrected chi connectivity index (χ2v) is 5.32. The predicted molar refractivity (Wildman–Crippen MR) is 45.4 cm³/mol. The molecule has 68 valence electrons. The summed E-state index contributed by atoms with van der Waals surface area (Å²) in [7, 11) is -2.93. The minimum Gasteiger partial charge on any atom is -0.370 e. The summed E-state index contributed by atoms with van der Waals surface area (Å²) in [6.45, 7) is 0. The third kappa shape index (κ3) is 1.69. The van der Waals surface area contributed by atoms with Crippen LogP contribution in [-0.4, -0.2) is 26.4 Å². The molecule has 4 heteroatoms. The van der Waals surface area contributed by atoms with Crippen LogP contribution in [0.15, 0.2) is 11.5 Å². The van der Waals surface area contributed by atoms with Gasteiger partial charge in [-0.25, -0.2) is 8.42 Å². The Bertz CT molecular complexity index is 287. The van der Waals surface area contributed by atoms with Crippen molar-refractivity contribution in [3.05, 3.63) is 11.5 Å².